The molecular weight excluding hydrogens is 392 g/mol. The Hall–Kier alpha value is -2.81. The van der Waals surface area contributed by atoms with E-state index in [0.717, 1.165) is 10.0 Å². The van der Waals surface area contributed by atoms with Gasteiger partial charge in [0.25, 0.3) is 5.91 Å². The molecule has 9 heteroatoms. The quantitative estimate of drug-likeness (QED) is 0.581. The smallest absolute Gasteiger partial charge is 0.333 e. The largest absolute Gasteiger partial charge is 0.469 e. The van der Waals surface area contributed by atoms with E-state index in [1.165, 1.54) is 12.3 Å². The molecule has 132 valence electrons. The van der Waals surface area contributed by atoms with E-state index >= 15 is 0 Å². The molecule has 1 aromatic carbocycles. The summed E-state index contributed by atoms with van der Waals surface area (Å²) in [6.45, 7) is 3.24. The number of furan rings is 1. The van der Waals surface area contributed by atoms with Crippen LogP contribution in [0.3, 0.4) is 0 Å². The van der Waals surface area contributed by atoms with Gasteiger partial charge in [0.05, 0.1) is 18.4 Å². The Morgan fingerprint density at radius 2 is 1.88 bits per heavy atom. The van der Waals surface area contributed by atoms with E-state index in [2.05, 4.69) is 37.4 Å². The number of aryl methyl sites for hydroxylation is 2. The van der Waals surface area contributed by atoms with Crippen LogP contribution >= 0.6 is 15.9 Å². The first-order valence-corrected chi connectivity index (χ1v) is 8.10. The molecule has 0 unspecified atom stereocenters. The van der Waals surface area contributed by atoms with Crippen molar-refractivity contribution in [2.75, 3.05) is 11.9 Å². The number of benzene rings is 1. The summed E-state index contributed by atoms with van der Waals surface area (Å²) in [6.07, 6.45) is 1.37. The zero-order valence-corrected chi connectivity index (χ0v) is 15.2. The second-order valence-electron chi connectivity index (χ2n) is 5.16. The molecule has 0 aliphatic rings. The third kappa shape index (κ3) is 5.35. The molecule has 0 atom stereocenters. The molecule has 8 nitrogen and oxygen atoms in total. The van der Waals surface area contributed by atoms with Crippen molar-refractivity contribution in [1.29, 1.82) is 0 Å². The van der Waals surface area contributed by atoms with Crippen LogP contribution in [0.15, 0.2) is 39.4 Å². The molecule has 0 saturated heterocycles. The summed E-state index contributed by atoms with van der Waals surface area (Å²) in [5.74, 6) is -0.474. The first-order chi connectivity index (χ1) is 11.9. The third-order valence-electron chi connectivity index (χ3n) is 3.27. The highest BCUT2D eigenvalue weighted by Gasteiger charge is 2.12. The van der Waals surface area contributed by atoms with Crippen molar-refractivity contribution in [3.8, 4) is 0 Å². The first kappa shape index (κ1) is 18.5. The van der Waals surface area contributed by atoms with Crippen molar-refractivity contribution in [3.63, 3.8) is 0 Å². The van der Waals surface area contributed by atoms with Crippen molar-refractivity contribution in [3.05, 3.63) is 51.9 Å². The Morgan fingerprint density at radius 3 is 2.52 bits per heavy atom. The average Bonchev–Trinajstić information content (AvgIpc) is 2.99. The lowest BCUT2D eigenvalue weighted by Crippen LogP contribution is -2.48. The number of hydrazine groups is 1. The second kappa shape index (κ2) is 8.34. The zero-order chi connectivity index (χ0) is 18.4. The van der Waals surface area contributed by atoms with Crippen LogP contribution in [0, 0.1) is 13.8 Å². The van der Waals surface area contributed by atoms with Crippen LogP contribution in [0.2, 0.25) is 0 Å². The first-order valence-electron chi connectivity index (χ1n) is 7.31. The van der Waals surface area contributed by atoms with Crippen LogP contribution in [0.5, 0.6) is 0 Å². The third-order valence-corrected chi connectivity index (χ3v) is 3.76. The van der Waals surface area contributed by atoms with Crippen LogP contribution in [-0.4, -0.2) is 24.4 Å². The zero-order valence-electron chi connectivity index (χ0n) is 13.6. The maximum atomic E-state index is 11.9. The Labute approximate surface area is 152 Å². The van der Waals surface area contributed by atoms with Crippen molar-refractivity contribution in [2.45, 2.75) is 13.8 Å². The number of anilines is 1. The van der Waals surface area contributed by atoms with Crippen LogP contribution in [0.25, 0.3) is 0 Å². The maximum absolute atomic E-state index is 11.9. The van der Waals surface area contributed by atoms with Gasteiger partial charge in [-0.2, -0.15) is 0 Å². The molecule has 0 radical (unpaired) electrons. The molecule has 2 rings (SSSR count). The van der Waals surface area contributed by atoms with Gasteiger partial charge in [-0.1, -0.05) is 15.9 Å². The summed E-state index contributed by atoms with van der Waals surface area (Å²) in [6, 6.07) is 6.19. The standard InChI is InChI=1S/C16H17BrN4O4/c1-9-7-11(17)3-4-13(9)19-14(22)8-18-16(24)21-20-15(23)12-5-6-25-10(12)2/h3-7H,8H2,1-2H3,(H,19,22)(H,20,23)(H2,18,21,24). The number of nitrogens with one attached hydrogen (secondary N) is 4. The molecule has 0 bridgehead atoms. The Bertz CT molecular complexity index is 803. The average molecular weight is 409 g/mol. The molecule has 0 aliphatic carbocycles. The number of halogens is 1. The predicted molar refractivity (Wildman–Crippen MR) is 95.0 cm³/mol. The monoisotopic (exact) mass is 408 g/mol. The van der Waals surface area contributed by atoms with E-state index in [9.17, 15) is 14.4 Å². The summed E-state index contributed by atoms with van der Waals surface area (Å²) in [5.41, 5.74) is 6.22. The van der Waals surface area contributed by atoms with Crippen LogP contribution in [0.4, 0.5) is 10.5 Å². The van der Waals surface area contributed by atoms with Gasteiger partial charge < -0.3 is 15.1 Å². The lowest BCUT2D eigenvalue weighted by atomic mass is 10.2. The topological polar surface area (TPSA) is 112 Å². The van der Waals surface area contributed by atoms with Crippen molar-refractivity contribution in [1.82, 2.24) is 16.2 Å². The maximum Gasteiger partial charge on any atom is 0.333 e. The summed E-state index contributed by atoms with van der Waals surface area (Å²) >= 11 is 3.34. The van der Waals surface area contributed by atoms with Gasteiger partial charge >= 0.3 is 6.03 Å². The number of rotatable bonds is 4. The molecule has 4 amide bonds. The van der Waals surface area contributed by atoms with Crippen LogP contribution < -0.4 is 21.5 Å². The lowest BCUT2D eigenvalue weighted by Gasteiger charge is -2.10. The molecule has 4 N–H and O–H groups in total. The second-order valence-corrected chi connectivity index (χ2v) is 6.08. The van der Waals surface area contributed by atoms with Gasteiger partial charge in [0.2, 0.25) is 5.91 Å². The van der Waals surface area contributed by atoms with Crippen LogP contribution in [0.1, 0.15) is 21.7 Å². The summed E-state index contributed by atoms with van der Waals surface area (Å²) in [5, 5.41) is 5.02. The van der Waals surface area contributed by atoms with E-state index in [4.69, 9.17) is 4.42 Å². The van der Waals surface area contributed by atoms with Gasteiger partial charge in [0, 0.05) is 10.2 Å². The molecular formula is C16H17BrN4O4. The minimum atomic E-state index is -0.711. The fourth-order valence-electron chi connectivity index (χ4n) is 1.97. The van der Waals surface area contributed by atoms with Gasteiger partial charge in [-0.15, -0.1) is 0 Å². The minimum Gasteiger partial charge on any atom is -0.469 e. The van der Waals surface area contributed by atoms with E-state index < -0.39 is 17.8 Å². The van der Waals surface area contributed by atoms with Gasteiger partial charge in [-0.05, 0) is 43.7 Å². The predicted octanol–water partition coefficient (Wildman–Crippen LogP) is 2.24. The number of hydrogen-bond donors (Lipinski definition) is 4. The number of carbonyl (C=O) groups excluding carboxylic acids is 3. The summed E-state index contributed by atoms with van der Waals surface area (Å²) in [4.78, 5) is 35.3. The lowest BCUT2D eigenvalue weighted by molar-refractivity contribution is -0.115. The molecule has 1 heterocycles. The molecule has 0 spiro atoms. The summed E-state index contributed by atoms with van der Waals surface area (Å²) in [7, 11) is 0. The Morgan fingerprint density at radius 1 is 1.12 bits per heavy atom. The van der Waals surface area contributed by atoms with E-state index in [-0.39, 0.29) is 6.54 Å². The van der Waals surface area contributed by atoms with E-state index in [0.29, 0.717) is 17.0 Å². The van der Waals surface area contributed by atoms with Gasteiger partial charge in [0.15, 0.2) is 0 Å². The number of urea groups is 1. The Kier molecular flexibility index (Phi) is 6.18. The molecule has 0 aliphatic heterocycles. The molecule has 25 heavy (non-hydrogen) atoms. The van der Waals surface area contributed by atoms with Crippen LogP contribution in [-0.2, 0) is 4.79 Å². The fraction of sp³-hybridized carbons (Fsp3) is 0.188. The number of hydrogen-bond acceptors (Lipinski definition) is 4. The fourth-order valence-corrected chi connectivity index (χ4v) is 2.44. The number of carbonyl (C=O) groups is 3. The normalized spacial score (nSPS) is 10.0. The highest BCUT2D eigenvalue weighted by molar-refractivity contribution is 9.10. The van der Waals surface area contributed by atoms with Gasteiger partial charge in [-0.25, -0.2) is 10.2 Å². The van der Waals surface area contributed by atoms with E-state index in [1.54, 1.807) is 19.1 Å². The Balaban J connectivity index is 1.75. The van der Waals surface area contributed by atoms with Gasteiger partial charge in [0.1, 0.15) is 5.76 Å². The van der Waals surface area contributed by atoms with Gasteiger partial charge in [-0.3, -0.25) is 15.0 Å². The SMILES string of the molecule is Cc1cc(Br)ccc1NC(=O)CNC(=O)NNC(=O)c1ccoc1C. The molecule has 0 saturated carbocycles. The van der Waals surface area contributed by atoms with Crippen molar-refractivity contribution < 1.29 is 18.8 Å². The highest BCUT2D eigenvalue weighted by Crippen LogP contribution is 2.19. The highest BCUT2D eigenvalue weighted by atomic mass is 79.9. The molecule has 1 aromatic heterocycles. The minimum absolute atomic E-state index is 0.248. The van der Waals surface area contributed by atoms with E-state index in [1.807, 2.05) is 13.0 Å². The van der Waals surface area contributed by atoms with Crippen molar-refractivity contribution >= 4 is 39.5 Å². The molecule has 2 aromatic rings. The number of amides is 4. The molecule has 0 fully saturated rings. The van der Waals surface area contributed by atoms with Crippen molar-refractivity contribution in [2.24, 2.45) is 0 Å². The summed E-state index contributed by atoms with van der Waals surface area (Å²) < 4.78 is 5.91.